The first-order chi connectivity index (χ1) is 9.17. The molecule has 0 radical (unpaired) electrons. The van der Waals surface area contributed by atoms with E-state index in [0.29, 0.717) is 6.04 Å². The second-order valence-electron chi connectivity index (χ2n) is 6.20. The molecule has 114 valence electrons. The number of rotatable bonds is 8. The zero-order valence-electron chi connectivity index (χ0n) is 13.8. The molecular formula is C17H35NO. The van der Waals surface area contributed by atoms with E-state index in [1.165, 1.54) is 32.1 Å². The molecule has 2 heteroatoms. The molecule has 1 atom stereocenters. The fraction of sp³-hybridized carbons (Fsp3) is 1.00. The van der Waals surface area contributed by atoms with Gasteiger partial charge >= 0.3 is 0 Å². The summed E-state index contributed by atoms with van der Waals surface area (Å²) in [6.07, 6.45) is 9.14. The van der Waals surface area contributed by atoms with Gasteiger partial charge in [-0.05, 0) is 44.1 Å². The van der Waals surface area contributed by atoms with E-state index in [1.54, 1.807) is 0 Å². The molecule has 0 amide bonds. The Hall–Kier alpha value is -0.0800. The first-order valence-electron chi connectivity index (χ1n) is 8.45. The number of hydrogen-bond donors (Lipinski definition) is 1. The zero-order chi connectivity index (χ0) is 14.3. The SMILES string of the molecule is CCNC(C1CCC(CC)CC1)C(CC)(CC)OC. The van der Waals surface area contributed by atoms with Crippen LogP contribution in [0.2, 0.25) is 0 Å². The van der Waals surface area contributed by atoms with Crippen molar-refractivity contribution in [2.24, 2.45) is 11.8 Å². The summed E-state index contributed by atoms with van der Waals surface area (Å²) in [5.41, 5.74) is 0.0275. The van der Waals surface area contributed by atoms with Crippen LogP contribution in [0.3, 0.4) is 0 Å². The monoisotopic (exact) mass is 269 g/mol. The molecule has 0 heterocycles. The number of likely N-dealkylation sites (N-methyl/N-ethyl adjacent to an activating group) is 1. The molecule has 1 aliphatic carbocycles. The Bertz CT molecular complexity index is 221. The lowest BCUT2D eigenvalue weighted by Gasteiger charge is -2.45. The Morgan fingerprint density at radius 3 is 2.00 bits per heavy atom. The molecule has 1 saturated carbocycles. The molecule has 0 aromatic heterocycles. The highest BCUT2D eigenvalue weighted by molar-refractivity contribution is 4.96. The summed E-state index contributed by atoms with van der Waals surface area (Å²) in [4.78, 5) is 0. The first kappa shape index (κ1) is 17.0. The van der Waals surface area contributed by atoms with Crippen molar-refractivity contribution < 1.29 is 4.74 Å². The number of nitrogens with one attached hydrogen (secondary N) is 1. The van der Waals surface area contributed by atoms with E-state index < -0.39 is 0 Å². The smallest absolute Gasteiger partial charge is 0.0828 e. The Kier molecular flexibility index (Phi) is 7.38. The molecular weight excluding hydrogens is 234 g/mol. The molecule has 0 aromatic carbocycles. The van der Waals surface area contributed by atoms with Crippen LogP contribution in [-0.2, 0) is 4.74 Å². The van der Waals surface area contributed by atoms with E-state index in [-0.39, 0.29) is 5.60 Å². The van der Waals surface area contributed by atoms with Crippen molar-refractivity contribution in [3.63, 3.8) is 0 Å². The van der Waals surface area contributed by atoms with Gasteiger partial charge in [0.15, 0.2) is 0 Å². The minimum atomic E-state index is 0.0275. The molecule has 1 unspecified atom stereocenters. The van der Waals surface area contributed by atoms with Crippen LogP contribution in [-0.4, -0.2) is 25.3 Å². The summed E-state index contributed by atoms with van der Waals surface area (Å²) in [5, 5.41) is 3.75. The number of methoxy groups -OCH3 is 1. The van der Waals surface area contributed by atoms with Crippen LogP contribution in [0, 0.1) is 11.8 Å². The van der Waals surface area contributed by atoms with Gasteiger partial charge < -0.3 is 10.1 Å². The van der Waals surface area contributed by atoms with Crippen molar-refractivity contribution in [2.45, 2.75) is 84.3 Å². The molecule has 0 saturated heterocycles. The zero-order valence-corrected chi connectivity index (χ0v) is 13.8. The first-order valence-corrected chi connectivity index (χ1v) is 8.45. The summed E-state index contributed by atoms with van der Waals surface area (Å²) >= 11 is 0. The van der Waals surface area contributed by atoms with Crippen molar-refractivity contribution in [1.29, 1.82) is 0 Å². The van der Waals surface area contributed by atoms with E-state index in [9.17, 15) is 0 Å². The molecule has 1 rings (SSSR count). The summed E-state index contributed by atoms with van der Waals surface area (Å²) < 4.78 is 5.99. The van der Waals surface area contributed by atoms with Gasteiger partial charge in [0.2, 0.25) is 0 Å². The average molecular weight is 269 g/mol. The largest absolute Gasteiger partial charge is 0.377 e. The molecule has 0 bridgehead atoms. The molecule has 1 fully saturated rings. The van der Waals surface area contributed by atoms with Crippen molar-refractivity contribution in [3.8, 4) is 0 Å². The minimum Gasteiger partial charge on any atom is -0.377 e. The maximum Gasteiger partial charge on any atom is 0.0828 e. The van der Waals surface area contributed by atoms with Gasteiger partial charge in [-0.15, -0.1) is 0 Å². The fourth-order valence-corrected chi connectivity index (χ4v) is 4.04. The summed E-state index contributed by atoms with van der Waals surface area (Å²) in [6, 6.07) is 0.523. The van der Waals surface area contributed by atoms with Gasteiger partial charge in [0.05, 0.1) is 5.60 Å². The standard InChI is InChI=1S/C17H35NO/c1-6-14-10-12-15(13-11-14)16(18-9-4)17(7-2,8-3)19-5/h14-16,18H,6-13H2,1-5H3. The van der Waals surface area contributed by atoms with Gasteiger partial charge in [-0.2, -0.15) is 0 Å². The van der Waals surface area contributed by atoms with Crippen LogP contribution < -0.4 is 5.32 Å². The third kappa shape index (κ3) is 3.95. The molecule has 1 aliphatic rings. The number of ether oxygens (including phenoxy) is 1. The lowest BCUT2D eigenvalue weighted by Crippen LogP contribution is -2.56. The highest BCUT2D eigenvalue weighted by Crippen LogP contribution is 2.38. The van der Waals surface area contributed by atoms with E-state index in [1.807, 2.05) is 7.11 Å². The number of hydrogen-bond acceptors (Lipinski definition) is 2. The van der Waals surface area contributed by atoms with Crippen molar-refractivity contribution in [1.82, 2.24) is 5.32 Å². The van der Waals surface area contributed by atoms with Gasteiger partial charge in [0, 0.05) is 13.2 Å². The highest BCUT2D eigenvalue weighted by atomic mass is 16.5. The minimum absolute atomic E-state index is 0.0275. The fourth-order valence-electron chi connectivity index (χ4n) is 4.04. The third-order valence-electron chi connectivity index (χ3n) is 5.53. The molecule has 2 nitrogen and oxygen atoms in total. The lowest BCUT2D eigenvalue weighted by molar-refractivity contribution is -0.0682. The van der Waals surface area contributed by atoms with Crippen molar-refractivity contribution >= 4 is 0 Å². The second-order valence-corrected chi connectivity index (χ2v) is 6.20. The van der Waals surface area contributed by atoms with Gasteiger partial charge in [0.25, 0.3) is 0 Å². The third-order valence-corrected chi connectivity index (χ3v) is 5.53. The predicted octanol–water partition coefficient (Wildman–Crippen LogP) is 4.39. The average Bonchev–Trinajstić information content (AvgIpc) is 2.48. The van der Waals surface area contributed by atoms with Crippen molar-refractivity contribution in [2.75, 3.05) is 13.7 Å². The second kappa shape index (κ2) is 8.26. The lowest BCUT2D eigenvalue weighted by atomic mass is 9.71. The van der Waals surface area contributed by atoms with Gasteiger partial charge in [-0.25, -0.2) is 0 Å². The van der Waals surface area contributed by atoms with Crippen LogP contribution in [0.15, 0.2) is 0 Å². The summed E-state index contributed by atoms with van der Waals surface area (Å²) in [7, 11) is 1.90. The maximum atomic E-state index is 5.99. The van der Waals surface area contributed by atoms with Gasteiger partial charge in [0.1, 0.15) is 0 Å². The Morgan fingerprint density at radius 2 is 1.63 bits per heavy atom. The van der Waals surface area contributed by atoms with Gasteiger partial charge in [-0.3, -0.25) is 0 Å². The molecule has 0 spiro atoms. The molecule has 0 aromatic rings. The van der Waals surface area contributed by atoms with Gasteiger partial charge in [-0.1, -0.05) is 47.0 Å². The van der Waals surface area contributed by atoms with Crippen molar-refractivity contribution in [3.05, 3.63) is 0 Å². The van der Waals surface area contributed by atoms with E-state index >= 15 is 0 Å². The van der Waals surface area contributed by atoms with Crippen LogP contribution in [0.4, 0.5) is 0 Å². The molecule has 19 heavy (non-hydrogen) atoms. The van der Waals surface area contributed by atoms with Crippen LogP contribution in [0.1, 0.15) is 72.6 Å². The van der Waals surface area contributed by atoms with E-state index in [2.05, 4.69) is 33.0 Å². The van der Waals surface area contributed by atoms with E-state index in [4.69, 9.17) is 4.74 Å². The summed E-state index contributed by atoms with van der Waals surface area (Å²) in [6.45, 7) is 10.1. The molecule has 1 N–H and O–H groups in total. The normalized spacial score (nSPS) is 26.4. The molecule has 0 aliphatic heterocycles. The van der Waals surface area contributed by atoms with Crippen LogP contribution in [0.5, 0.6) is 0 Å². The Morgan fingerprint density at radius 1 is 1.05 bits per heavy atom. The Labute approximate surface area is 120 Å². The quantitative estimate of drug-likeness (QED) is 0.706. The van der Waals surface area contributed by atoms with Crippen LogP contribution >= 0.6 is 0 Å². The highest BCUT2D eigenvalue weighted by Gasteiger charge is 2.41. The van der Waals surface area contributed by atoms with E-state index in [0.717, 1.165) is 31.2 Å². The Balaban J connectivity index is 2.76. The maximum absolute atomic E-state index is 5.99. The predicted molar refractivity (Wildman–Crippen MR) is 83.5 cm³/mol. The van der Waals surface area contributed by atoms with Crippen LogP contribution in [0.25, 0.3) is 0 Å². The topological polar surface area (TPSA) is 21.3 Å². The summed E-state index contributed by atoms with van der Waals surface area (Å²) in [5.74, 6) is 1.77.